The molecule has 2 rings (SSSR count). The minimum atomic E-state index is -0.719. The van der Waals surface area contributed by atoms with Gasteiger partial charge in [-0.2, -0.15) is 0 Å². The van der Waals surface area contributed by atoms with Crippen LogP contribution in [0.25, 0.3) is 0 Å². The van der Waals surface area contributed by atoms with Gasteiger partial charge in [-0.05, 0) is 77.7 Å². The Kier molecular flexibility index (Phi) is 9.97. The van der Waals surface area contributed by atoms with Gasteiger partial charge in [0.2, 0.25) is 11.8 Å². The third kappa shape index (κ3) is 7.78. The number of nitrogens with zero attached hydrogens (tertiary/aromatic N) is 1. The number of hydrogen-bond acceptors (Lipinski definition) is 5. The molecule has 2 N–H and O–H groups in total. The van der Waals surface area contributed by atoms with E-state index < -0.39 is 12.0 Å². The molecule has 7 nitrogen and oxygen atoms in total. The molecule has 2 amide bonds. The predicted molar refractivity (Wildman–Crippen MR) is 125 cm³/mol. The summed E-state index contributed by atoms with van der Waals surface area (Å²) in [6.07, 6.45) is 4.82. The molecule has 0 heterocycles. The molecule has 1 aromatic carbocycles. The first-order valence-electron chi connectivity index (χ1n) is 11.3. The summed E-state index contributed by atoms with van der Waals surface area (Å²) in [6.45, 7) is 3.54. The maximum atomic E-state index is 12.4. The summed E-state index contributed by atoms with van der Waals surface area (Å²) in [4.78, 5) is 38.2. The maximum absolute atomic E-state index is 12.4. The summed E-state index contributed by atoms with van der Waals surface area (Å²) in [6, 6.07) is 7.40. The zero-order valence-corrected chi connectivity index (χ0v) is 20.3. The molecule has 1 unspecified atom stereocenters. The summed E-state index contributed by atoms with van der Waals surface area (Å²) in [7, 11) is 4.23. The largest absolute Gasteiger partial charge is 0.464 e. The Labute approximate surface area is 196 Å². The SMILES string of the molecule is CCOC(=O)C(C)NC(=O)CCC(=O)NC1CCC(Cc2ccc(Cl)cc2)(N(C)C)CC1. The van der Waals surface area contributed by atoms with Crippen molar-refractivity contribution in [2.45, 2.75) is 76.4 Å². The number of rotatable bonds is 10. The fourth-order valence-corrected chi connectivity index (χ4v) is 4.36. The van der Waals surface area contributed by atoms with Gasteiger partial charge in [-0.25, -0.2) is 4.79 Å². The summed E-state index contributed by atoms with van der Waals surface area (Å²) < 4.78 is 4.86. The number of carbonyl (C=O) groups is 3. The van der Waals surface area contributed by atoms with Crippen molar-refractivity contribution >= 4 is 29.4 Å². The van der Waals surface area contributed by atoms with E-state index in [0.717, 1.165) is 37.1 Å². The van der Waals surface area contributed by atoms with Crippen molar-refractivity contribution in [2.24, 2.45) is 0 Å². The van der Waals surface area contributed by atoms with E-state index in [1.807, 2.05) is 12.1 Å². The normalized spacial score (nSPS) is 21.6. The number of ether oxygens (including phenoxy) is 1. The second kappa shape index (κ2) is 12.2. The van der Waals surface area contributed by atoms with Crippen LogP contribution >= 0.6 is 11.6 Å². The molecule has 1 aromatic rings. The number of carbonyl (C=O) groups excluding carboxylic acids is 3. The summed E-state index contributed by atoms with van der Waals surface area (Å²) >= 11 is 6.02. The summed E-state index contributed by atoms with van der Waals surface area (Å²) in [5, 5.41) is 6.38. The lowest BCUT2D eigenvalue weighted by molar-refractivity contribution is -0.146. The van der Waals surface area contributed by atoms with Gasteiger partial charge in [0.1, 0.15) is 6.04 Å². The predicted octanol–water partition coefficient (Wildman–Crippen LogP) is 3.09. The van der Waals surface area contributed by atoms with Gasteiger partial charge in [0.25, 0.3) is 0 Å². The Morgan fingerprint density at radius 2 is 1.72 bits per heavy atom. The molecular formula is C24H36ClN3O4. The van der Waals surface area contributed by atoms with Crippen molar-refractivity contribution in [1.82, 2.24) is 15.5 Å². The second-order valence-electron chi connectivity index (χ2n) is 8.81. The molecule has 1 saturated carbocycles. The zero-order valence-electron chi connectivity index (χ0n) is 19.6. The number of likely N-dealkylation sites (N-methyl/N-ethyl adjacent to an activating group) is 1. The Hall–Kier alpha value is -2.12. The van der Waals surface area contributed by atoms with Gasteiger partial charge >= 0.3 is 5.97 Å². The monoisotopic (exact) mass is 465 g/mol. The molecule has 0 spiro atoms. The Bertz CT molecular complexity index is 774. The van der Waals surface area contributed by atoms with E-state index in [4.69, 9.17) is 16.3 Å². The first-order chi connectivity index (χ1) is 15.1. The number of benzene rings is 1. The molecule has 0 aromatic heterocycles. The molecule has 32 heavy (non-hydrogen) atoms. The van der Waals surface area contributed by atoms with Gasteiger partial charge < -0.3 is 20.3 Å². The van der Waals surface area contributed by atoms with Crippen LogP contribution in [0.1, 0.15) is 57.9 Å². The molecule has 1 fully saturated rings. The minimum absolute atomic E-state index is 0.0422. The Morgan fingerprint density at radius 1 is 1.12 bits per heavy atom. The highest BCUT2D eigenvalue weighted by Gasteiger charge is 2.37. The van der Waals surface area contributed by atoms with Crippen molar-refractivity contribution in [3.8, 4) is 0 Å². The highest BCUT2D eigenvalue weighted by atomic mass is 35.5. The highest BCUT2D eigenvalue weighted by Crippen LogP contribution is 2.35. The molecule has 0 aliphatic heterocycles. The van der Waals surface area contributed by atoms with Crippen LogP contribution in [0.15, 0.2) is 24.3 Å². The third-order valence-electron chi connectivity index (χ3n) is 6.27. The third-order valence-corrected chi connectivity index (χ3v) is 6.53. The van der Waals surface area contributed by atoms with E-state index in [1.165, 1.54) is 5.56 Å². The van der Waals surface area contributed by atoms with Crippen molar-refractivity contribution in [3.05, 3.63) is 34.9 Å². The van der Waals surface area contributed by atoms with Crippen LogP contribution in [-0.2, 0) is 25.5 Å². The van der Waals surface area contributed by atoms with Crippen molar-refractivity contribution < 1.29 is 19.1 Å². The summed E-state index contributed by atoms with van der Waals surface area (Å²) in [5.41, 5.74) is 1.31. The van der Waals surface area contributed by atoms with E-state index in [-0.39, 0.29) is 42.8 Å². The van der Waals surface area contributed by atoms with Crippen LogP contribution in [0.2, 0.25) is 5.02 Å². The molecule has 1 aliphatic carbocycles. The van der Waals surface area contributed by atoms with Gasteiger partial charge in [0.15, 0.2) is 0 Å². The average molecular weight is 466 g/mol. The van der Waals surface area contributed by atoms with E-state index in [0.29, 0.717) is 0 Å². The number of halogens is 1. The van der Waals surface area contributed by atoms with Gasteiger partial charge in [0, 0.05) is 29.4 Å². The van der Waals surface area contributed by atoms with Crippen LogP contribution in [0.5, 0.6) is 0 Å². The number of hydrogen-bond donors (Lipinski definition) is 2. The Morgan fingerprint density at radius 3 is 2.28 bits per heavy atom. The number of amides is 2. The Balaban J connectivity index is 1.78. The lowest BCUT2D eigenvalue weighted by Gasteiger charge is -2.45. The van der Waals surface area contributed by atoms with Crippen LogP contribution in [0.4, 0.5) is 0 Å². The number of esters is 1. The van der Waals surface area contributed by atoms with E-state index in [2.05, 4.69) is 41.8 Å². The molecule has 1 atom stereocenters. The van der Waals surface area contributed by atoms with E-state index in [1.54, 1.807) is 13.8 Å². The van der Waals surface area contributed by atoms with Crippen LogP contribution < -0.4 is 10.6 Å². The highest BCUT2D eigenvalue weighted by molar-refractivity contribution is 6.30. The van der Waals surface area contributed by atoms with Crippen LogP contribution in [-0.4, -0.2) is 61.0 Å². The standard InChI is InChI=1S/C24H36ClN3O4/c1-5-32-23(31)17(2)26-21(29)10-11-22(30)27-20-12-14-24(15-13-20,28(3)4)16-18-6-8-19(25)9-7-18/h6-9,17,20H,5,10-16H2,1-4H3,(H,26,29)(H,27,30). The molecule has 178 valence electrons. The average Bonchev–Trinajstić information content (AvgIpc) is 2.75. The van der Waals surface area contributed by atoms with Crippen LogP contribution in [0.3, 0.4) is 0 Å². The van der Waals surface area contributed by atoms with E-state index >= 15 is 0 Å². The fraction of sp³-hybridized carbons (Fsp3) is 0.625. The van der Waals surface area contributed by atoms with E-state index in [9.17, 15) is 14.4 Å². The van der Waals surface area contributed by atoms with Crippen molar-refractivity contribution in [1.29, 1.82) is 0 Å². The quantitative estimate of drug-likeness (QED) is 0.518. The van der Waals surface area contributed by atoms with Gasteiger partial charge in [-0.15, -0.1) is 0 Å². The second-order valence-corrected chi connectivity index (χ2v) is 9.24. The lowest BCUT2D eigenvalue weighted by Crippen LogP contribution is -2.52. The zero-order chi connectivity index (χ0) is 23.7. The fourth-order valence-electron chi connectivity index (χ4n) is 4.23. The maximum Gasteiger partial charge on any atom is 0.328 e. The van der Waals surface area contributed by atoms with Crippen molar-refractivity contribution in [2.75, 3.05) is 20.7 Å². The topological polar surface area (TPSA) is 87.7 Å². The first-order valence-corrected chi connectivity index (χ1v) is 11.7. The molecule has 0 bridgehead atoms. The molecular weight excluding hydrogens is 430 g/mol. The lowest BCUT2D eigenvalue weighted by atomic mass is 9.75. The molecule has 8 heteroatoms. The van der Waals surface area contributed by atoms with Crippen molar-refractivity contribution in [3.63, 3.8) is 0 Å². The smallest absolute Gasteiger partial charge is 0.328 e. The number of nitrogens with one attached hydrogen (secondary N) is 2. The van der Waals surface area contributed by atoms with Gasteiger partial charge in [0.05, 0.1) is 6.61 Å². The minimum Gasteiger partial charge on any atom is -0.464 e. The molecule has 1 aliphatic rings. The first kappa shape index (κ1) is 26.1. The summed E-state index contributed by atoms with van der Waals surface area (Å²) in [5.74, 6) is -0.946. The molecule has 0 radical (unpaired) electrons. The van der Waals surface area contributed by atoms with Gasteiger partial charge in [-0.1, -0.05) is 23.7 Å². The van der Waals surface area contributed by atoms with Gasteiger partial charge in [-0.3, -0.25) is 9.59 Å². The molecule has 0 saturated heterocycles. The van der Waals surface area contributed by atoms with Crippen LogP contribution in [0, 0.1) is 0 Å².